The molecule has 0 unspecified atom stereocenters. The Hall–Kier alpha value is -2.08. The van der Waals surface area contributed by atoms with E-state index in [0.717, 1.165) is 24.2 Å². The van der Waals surface area contributed by atoms with E-state index in [4.69, 9.17) is 5.26 Å². The summed E-state index contributed by atoms with van der Waals surface area (Å²) in [6.07, 6.45) is 3.51. The molecule has 3 heteroatoms. The Morgan fingerprint density at radius 3 is 2.35 bits per heavy atom. The predicted molar refractivity (Wildman–Crippen MR) is 67.5 cm³/mol. The van der Waals surface area contributed by atoms with Crippen LogP contribution in [-0.2, 0) is 12.8 Å². The summed E-state index contributed by atoms with van der Waals surface area (Å²) < 4.78 is 0. The minimum atomic E-state index is 0.507. The van der Waals surface area contributed by atoms with Crippen molar-refractivity contribution in [3.05, 3.63) is 41.2 Å². The summed E-state index contributed by atoms with van der Waals surface area (Å²) in [5.41, 5.74) is 4.19. The van der Waals surface area contributed by atoms with Crippen LogP contribution >= 0.6 is 0 Å². The van der Waals surface area contributed by atoms with Crippen LogP contribution in [0.15, 0.2) is 24.4 Å². The molecule has 0 aliphatic heterocycles. The first-order valence-corrected chi connectivity index (χ1v) is 5.86. The standard InChI is InChI=1S/C14H15N3/c1-3-10-6-5-7-11(4-2)13(10)14-16-9-12(8-15)17-14/h5-7,9H,3-4H2,1-2H3,(H,16,17). The van der Waals surface area contributed by atoms with Crippen molar-refractivity contribution < 1.29 is 0 Å². The monoisotopic (exact) mass is 225 g/mol. The molecule has 1 heterocycles. The smallest absolute Gasteiger partial charge is 0.138 e. The molecule has 2 rings (SSSR count). The Morgan fingerprint density at radius 2 is 1.88 bits per heavy atom. The maximum atomic E-state index is 8.83. The van der Waals surface area contributed by atoms with Crippen LogP contribution < -0.4 is 0 Å². The van der Waals surface area contributed by atoms with Crippen LogP contribution in [0.5, 0.6) is 0 Å². The van der Waals surface area contributed by atoms with Crippen molar-refractivity contribution in [2.45, 2.75) is 26.7 Å². The third-order valence-corrected chi connectivity index (χ3v) is 2.93. The van der Waals surface area contributed by atoms with Crippen molar-refractivity contribution in [3.8, 4) is 17.5 Å². The van der Waals surface area contributed by atoms with Gasteiger partial charge in [-0.15, -0.1) is 0 Å². The highest BCUT2D eigenvalue weighted by molar-refractivity contribution is 5.65. The zero-order chi connectivity index (χ0) is 12.3. The summed E-state index contributed by atoms with van der Waals surface area (Å²) in [4.78, 5) is 7.35. The number of aryl methyl sites for hydroxylation is 2. The third kappa shape index (κ3) is 2.07. The lowest BCUT2D eigenvalue weighted by atomic mass is 9.97. The Labute approximate surface area is 101 Å². The number of nitrogens with zero attached hydrogens (tertiary/aromatic N) is 2. The summed E-state index contributed by atoms with van der Waals surface area (Å²) in [7, 11) is 0. The fourth-order valence-corrected chi connectivity index (χ4v) is 2.05. The van der Waals surface area contributed by atoms with E-state index in [-0.39, 0.29) is 0 Å². The normalized spacial score (nSPS) is 10.2. The Morgan fingerprint density at radius 1 is 1.24 bits per heavy atom. The van der Waals surface area contributed by atoms with Gasteiger partial charge < -0.3 is 4.98 Å². The number of rotatable bonds is 3. The number of aromatic nitrogens is 2. The number of hydrogen-bond acceptors (Lipinski definition) is 2. The molecular formula is C14H15N3. The van der Waals surface area contributed by atoms with E-state index in [1.165, 1.54) is 11.1 Å². The van der Waals surface area contributed by atoms with E-state index < -0.39 is 0 Å². The minimum Gasteiger partial charge on any atom is -0.330 e. The maximum Gasteiger partial charge on any atom is 0.138 e. The molecule has 1 aromatic heterocycles. The zero-order valence-corrected chi connectivity index (χ0v) is 10.1. The Balaban J connectivity index is 2.60. The van der Waals surface area contributed by atoms with Crippen molar-refractivity contribution in [1.29, 1.82) is 5.26 Å². The molecule has 0 amide bonds. The molecule has 0 bridgehead atoms. The van der Waals surface area contributed by atoms with Gasteiger partial charge in [-0.3, -0.25) is 0 Å². The van der Waals surface area contributed by atoms with Crippen molar-refractivity contribution in [1.82, 2.24) is 9.97 Å². The first kappa shape index (κ1) is 11.4. The van der Waals surface area contributed by atoms with Crippen LogP contribution in [0.2, 0.25) is 0 Å². The van der Waals surface area contributed by atoms with Gasteiger partial charge in [0.05, 0.1) is 6.20 Å². The molecule has 1 N–H and O–H groups in total. The molecule has 0 saturated heterocycles. The average molecular weight is 225 g/mol. The zero-order valence-electron chi connectivity index (χ0n) is 10.1. The number of nitrogens with one attached hydrogen (secondary N) is 1. The quantitative estimate of drug-likeness (QED) is 0.872. The van der Waals surface area contributed by atoms with E-state index in [0.29, 0.717) is 5.69 Å². The van der Waals surface area contributed by atoms with Gasteiger partial charge in [0.25, 0.3) is 0 Å². The van der Waals surface area contributed by atoms with E-state index in [9.17, 15) is 0 Å². The van der Waals surface area contributed by atoms with Crippen molar-refractivity contribution in [2.75, 3.05) is 0 Å². The number of nitriles is 1. The SMILES string of the molecule is CCc1cccc(CC)c1-c1ncc(C#N)[nH]1. The van der Waals surface area contributed by atoms with Gasteiger partial charge in [0.2, 0.25) is 0 Å². The van der Waals surface area contributed by atoms with Gasteiger partial charge in [-0.1, -0.05) is 32.0 Å². The molecule has 0 aliphatic rings. The van der Waals surface area contributed by atoms with Crippen LogP contribution in [-0.4, -0.2) is 9.97 Å². The molecule has 86 valence electrons. The molecule has 0 saturated carbocycles. The van der Waals surface area contributed by atoms with Gasteiger partial charge in [0.1, 0.15) is 17.6 Å². The number of benzene rings is 1. The number of hydrogen-bond donors (Lipinski definition) is 1. The lowest BCUT2D eigenvalue weighted by molar-refractivity contribution is 1.08. The van der Waals surface area contributed by atoms with Gasteiger partial charge in [-0.25, -0.2) is 4.98 Å². The van der Waals surface area contributed by atoms with E-state index in [2.05, 4.69) is 48.1 Å². The van der Waals surface area contributed by atoms with Gasteiger partial charge in [0.15, 0.2) is 0 Å². The molecular weight excluding hydrogens is 210 g/mol. The first-order chi connectivity index (χ1) is 8.30. The molecule has 17 heavy (non-hydrogen) atoms. The van der Waals surface area contributed by atoms with E-state index >= 15 is 0 Å². The topological polar surface area (TPSA) is 52.5 Å². The molecule has 3 nitrogen and oxygen atoms in total. The molecule has 0 radical (unpaired) electrons. The van der Waals surface area contributed by atoms with Crippen molar-refractivity contribution in [2.24, 2.45) is 0 Å². The van der Waals surface area contributed by atoms with Gasteiger partial charge in [0, 0.05) is 5.56 Å². The summed E-state index contributed by atoms with van der Waals surface area (Å²) in [6.45, 7) is 4.26. The summed E-state index contributed by atoms with van der Waals surface area (Å²) in [6, 6.07) is 8.38. The average Bonchev–Trinajstić information content (AvgIpc) is 2.86. The molecule has 0 aliphatic carbocycles. The lowest BCUT2D eigenvalue weighted by Gasteiger charge is -2.10. The predicted octanol–water partition coefficient (Wildman–Crippen LogP) is 3.07. The van der Waals surface area contributed by atoms with Crippen LogP contribution in [0.1, 0.15) is 30.7 Å². The maximum absolute atomic E-state index is 8.83. The highest BCUT2D eigenvalue weighted by Gasteiger charge is 2.11. The molecule has 0 atom stereocenters. The van der Waals surface area contributed by atoms with Crippen molar-refractivity contribution in [3.63, 3.8) is 0 Å². The lowest BCUT2D eigenvalue weighted by Crippen LogP contribution is -1.95. The van der Waals surface area contributed by atoms with Gasteiger partial charge >= 0.3 is 0 Å². The summed E-state index contributed by atoms with van der Waals surface area (Å²) in [5.74, 6) is 0.802. The second kappa shape index (κ2) is 4.84. The molecule has 0 fully saturated rings. The largest absolute Gasteiger partial charge is 0.330 e. The first-order valence-electron chi connectivity index (χ1n) is 5.86. The van der Waals surface area contributed by atoms with Crippen LogP contribution in [0.25, 0.3) is 11.4 Å². The molecule has 0 spiro atoms. The molecule has 1 aromatic carbocycles. The molecule has 2 aromatic rings. The fourth-order valence-electron chi connectivity index (χ4n) is 2.05. The van der Waals surface area contributed by atoms with Crippen molar-refractivity contribution >= 4 is 0 Å². The van der Waals surface area contributed by atoms with Crippen LogP contribution in [0.4, 0.5) is 0 Å². The number of H-pyrrole nitrogens is 1. The second-order valence-corrected chi connectivity index (χ2v) is 3.92. The van der Waals surface area contributed by atoms with E-state index in [1.807, 2.05) is 0 Å². The van der Waals surface area contributed by atoms with Gasteiger partial charge in [-0.05, 0) is 24.0 Å². The number of aromatic amines is 1. The fraction of sp³-hybridized carbons (Fsp3) is 0.286. The van der Waals surface area contributed by atoms with Crippen LogP contribution in [0, 0.1) is 11.3 Å². The van der Waals surface area contributed by atoms with E-state index in [1.54, 1.807) is 6.20 Å². The van der Waals surface area contributed by atoms with Gasteiger partial charge in [-0.2, -0.15) is 5.26 Å². The second-order valence-electron chi connectivity index (χ2n) is 3.92. The van der Waals surface area contributed by atoms with Crippen LogP contribution in [0.3, 0.4) is 0 Å². The summed E-state index contributed by atoms with van der Waals surface area (Å²) in [5, 5.41) is 8.83. The third-order valence-electron chi connectivity index (χ3n) is 2.93. The Bertz CT molecular complexity index is 539. The minimum absolute atomic E-state index is 0.507. The highest BCUT2D eigenvalue weighted by Crippen LogP contribution is 2.26. The Kier molecular flexibility index (Phi) is 3.24. The highest BCUT2D eigenvalue weighted by atomic mass is 14.9. The number of imidazole rings is 1. The summed E-state index contributed by atoms with van der Waals surface area (Å²) >= 11 is 0.